The highest BCUT2D eigenvalue weighted by molar-refractivity contribution is 7.99. The smallest absolute Gasteiger partial charge is 0.0319 e. The minimum Gasteiger partial charge on any atom is -0.400 e. The highest BCUT2D eigenvalue weighted by Gasteiger charge is 1.96. The van der Waals surface area contributed by atoms with E-state index in [0.29, 0.717) is 5.25 Å². The normalized spacial score (nSPS) is 9.38. The van der Waals surface area contributed by atoms with Gasteiger partial charge in [0.15, 0.2) is 0 Å². The lowest BCUT2D eigenvalue weighted by molar-refractivity contribution is 0.399. The zero-order valence-corrected chi connectivity index (χ0v) is 9.90. The molecule has 0 radical (unpaired) electrons. The molecule has 0 saturated heterocycles. The van der Waals surface area contributed by atoms with E-state index in [1.165, 1.54) is 4.90 Å². The van der Waals surface area contributed by atoms with Gasteiger partial charge in [0.1, 0.15) is 0 Å². The summed E-state index contributed by atoms with van der Waals surface area (Å²) in [6.07, 6.45) is 0. The van der Waals surface area contributed by atoms with Crippen molar-refractivity contribution in [1.82, 2.24) is 0 Å². The molecule has 0 atom stereocenters. The summed E-state index contributed by atoms with van der Waals surface area (Å²) in [5.41, 5.74) is 0. The third-order valence-corrected chi connectivity index (χ3v) is 2.52. The van der Waals surface area contributed by atoms with Crippen molar-refractivity contribution in [2.45, 2.75) is 28.9 Å². The minimum atomic E-state index is 0.653. The van der Waals surface area contributed by atoms with Crippen LogP contribution in [0.15, 0.2) is 34.1 Å². The Labute approximate surface area is 90.0 Å². The number of thiol groups is 1. The minimum absolute atomic E-state index is 0.653. The molecule has 1 N–H and O–H groups in total. The Morgan fingerprint density at radius 2 is 1.62 bits per heavy atom. The van der Waals surface area contributed by atoms with Gasteiger partial charge in [-0.3, -0.25) is 0 Å². The van der Waals surface area contributed by atoms with Crippen molar-refractivity contribution in [3.05, 3.63) is 24.3 Å². The van der Waals surface area contributed by atoms with Crippen LogP contribution >= 0.6 is 24.4 Å². The highest BCUT2D eigenvalue weighted by atomic mass is 32.2. The Morgan fingerprint density at radius 1 is 1.15 bits per heavy atom. The van der Waals surface area contributed by atoms with Gasteiger partial charge >= 0.3 is 0 Å². The topological polar surface area (TPSA) is 20.2 Å². The summed E-state index contributed by atoms with van der Waals surface area (Å²) in [7, 11) is 1.00. The summed E-state index contributed by atoms with van der Waals surface area (Å²) in [6, 6.07) is 8.25. The maximum atomic E-state index is 7.00. The fraction of sp³-hybridized carbons (Fsp3) is 0.400. The molecule has 0 saturated carbocycles. The molecule has 0 bridgehead atoms. The second-order valence-electron chi connectivity index (χ2n) is 2.66. The fourth-order valence-electron chi connectivity index (χ4n) is 0.797. The number of hydrogen-bond donors (Lipinski definition) is 2. The molecule has 1 nitrogen and oxygen atoms in total. The van der Waals surface area contributed by atoms with E-state index in [4.69, 9.17) is 5.11 Å². The maximum Gasteiger partial charge on any atom is 0.0319 e. The van der Waals surface area contributed by atoms with Crippen molar-refractivity contribution in [1.29, 1.82) is 0 Å². The van der Waals surface area contributed by atoms with Crippen LogP contribution in [-0.4, -0.2) is 17.5 Å². The largest absolute Gasteiger partial charge is 0.400 e. The van der Waals surface area contributed by atoms with Gasteiger partial charge in [0.2, 0.25) is 0 Å². The molecule has 1 aromatic rings. The number of aliphatic hydroxyl groups is 1. The Kier molecular flexibility index (Phi) is 7.23. The van der Waals surface area contributed by atoms with Crippen molar-refractivity contribution in [3.8, 4) is 0 Å². The number of aliphatic hydroxyl groups excluding tert-OH is 1. The van der Waals surface area contributed by atoms with Gasteiger partial charge in [-0.25, -0.2) is 0 Å². The lowest BCUT2D eigenvalue weighted by Gasteiger charge is -2.03. The molecule has 13 heavy (non-hydrogen) atoms. The molecule has 0 unspecified atom stereocenters. The van der Waals surface area contributed by atoms with Gasteiger partial charge in [0, 0.05) is 22.2 Å². The molecule has 0 heterocycles. The number of rotatable bonds is 2. The van der Waals surface area contributed by atoms with E-state index < -0.39 is 0 Å². The monoisotopic (exact) mass is 216 g/mol. The predicted octanol–water partition coefficient (Wildman–Crippen LogP) is 3.08. The van der Waals surface area contributed by atoms with E-state index in [9.17, 15) is 0 Å². The highest BCUT2D eigenvalue weighted by Crippen LogP contribution is 2.23. The lowest BCUT2D eigenvalue weighted by atomic mass is 10.4. The standard InChI is InChI=1S/C9H12S2.CH4O/c1-7(2)11-9-5-3-8(10)4-6-9;1-2/h3-7,10H,1-2H3;2H,1H3. The van der Waals surface area contributed by atoms with Crippen molar-refractivity contribution in [3.63, 3.8) is 0 Å². The average molecular weight is 216 g/mol. The molecule has 74 valence electrons. The van der Waals surface area contributed by atoms with E-state index >= 15 is 0 Å². The van der Waals surface area contributed by atoms with E-state index in [1.807, 2.05) is 23.9 Å². The SMILES string of the molecule is CC(C)Sc1ccc(S)cc1.CO. The van der Waals surface area contributed by atoms with Gasteiger partial charge in [-0.1, -0.05) is 13.8 Å². The van der Waals surface area contributed by atoms with Gasteiger partial charge in [0.05, 0.1) is 0 Å². The molecule has 0 aromatic heterocycles. The van der Waals surface area contributed by atoms with Crippen LogP contribution in [0.4, 0.5) is 0 Å². The van der Waals surface area contributed by atoms with E-state index in [0.717, 1.165) is 12.0 Å². The molecule has 0 aliphatic carbocycles. The molecule has 0 aliphatic heterocycles. The summed E-state index contributed by atoms with van der Waals surface area (Å²) < 4.78 is 0. The van der Waals surface area contributed by atoms with Crippen LogP contribution in [0.5, 0.6) is 0 Å². The molecule has 0 spiro atoms. The zero-order chi connectivity index (χ0) is 10.3. The summed E-state index contributed by atoms with van der Waals surface area (Å²) in [5, 5.41) is 7.65. The average Bonchev–Trinajstić information content (AvgIpc) is 2.12. The third kappa shape index (κ3) is 6.02. The Hall–Kier alpha value is -0.120. The Bertz CT molecular complexity index is 219. The molecule has 1 rings (SSSR count). The summed E-state index contributed by atoms with van der Waals surface area (Å²) in [6.45, 7) is 4.39. The van der Waals surface area contributed by atoms with Gasteiger partial charge < -0.3 is 5.11 Å². The van der Waals surface area contributed by atoms with E-state index in [1.54, 1.807) is 0 Å². The van der Waals surface area contributed by atoms with Crippen LogP contribution in [0.3, 0.4) is 0 Å². The van der Waals surface area contributed by atoms with Crippen LogP contribution in [-0.2, 0) is 0 Å². The first-order chi connectivity index (χ1) is 6.18. The summed E-state index contributed by atoms with van der Waals surface area (Å²) >= 11 is 6.09. The van der Waals surface area contributed by atoms with Gasteiger partial charge in [0.25, 0.3) is 0 Å². The molecule has 0 aliphatic rings. The second kappa shape index (κ2) is 7.30. The first-order valence-corrected chi connectivity index (χ1v) is 5.41. The molecule has 0 fully saturated rings. The number of benzene rings is 1. The molecular weight excluding hydrogens is 200 g/mol. The van der Waals surface area contributed by atoms with Crippen LogP contribution in [0.2, 0.25) is 0 Å². The van der Waals surface area contributed by atoms with Crippen molar-refractivity contribution < 1.29 is 5.11 Å². The van der Waals surface area contributed by atoms with Crippen molar-refractivity contribution >= 4 is 24.4 Å². The van der Waals surface area contributed by atoms with Crippen LogP contribution in [0.25, 0.3) is 0 Å². The van der Waals surface area contributed by atoms with Gasteiger partial charge in [-0.2, -0.15) is 0 Å². The van der Waals surface area contributed by atoms with Crippen molar-refractivity contribution in [2.75, 3.05) is 7.11 Å². The lowest BCUT2D eigenvalue weighted by Crippen LogP contribution is -1.84. The van der Waals surface area contributed by atoms with Crippen LogP contribution < -0.4 is 0 Å². The third-order valence-electron chi connectivity index (χ3n) is 1.21. The molecule has 0 amide bonds. The molecule has 1 aromatic carbocycles. The maximum absolute atomic E-state index is 7.00. The number of thioether (sulfide) groups is 1. The molecular formula is C10H16OS2. The first kappa shape index (κ1) is 12.9. The van der Waals surface area contributed by atoms with Crippen molar-refractivity contribution in [2.24, 2.45) is 0 Å². The quantitative estimate of drug-likeness (QED) is 0.585. The van der Waals surface area contributed by atoms with Gasteiger partial charge in [-0.05, 0) is 24.3 Å². The second-order valence-corrected chi connectivity index (χ2v) is 4.83. The summed E-state index contributed by atoms with van der Waals surface area (Å²) in [5.74, 6) is 0. The predicted molar refractivity (Wildman–Crippen MR) is 62.8 cm³/mol. The van der Waals surface area contributed by atoms with E-state index in [2.05, 4.69) is 38.6 Å². The van der Waals surface area contributed by atoms with Crippen LogP contribution in [0, 0.1) is 0 Å². The number of hydrogen-bond acceptors (Lipinski definition) is 3. The Morgan fingerprint density at radius 3 is 2.00 bits per heavy atom. The molecule has 3 heteroatoms. The van der Waals surface area contributed by atoms with E-state index in [-0.39, 0.29) is 0 Å². The first-order valence-electron chi connectivity index (χ1n) is 4.09. The Balaban J connectivity index is 0.000000671. The summed E-state index contributed by atoms with van der Waals surface area (Å²) in [4.78, 5) is 2.34. The van der Waals surface area contributed by atoms with Crippen LogP contribution in [0.1, 0.15) is 13.8 Å². The fourth-order valence-corrected chi connectivity index (χ4v) is 1.78. The van der Waals surface area contributed by atoms with Gasteiger partial charge in [-0.15, -0.1) is 24.4 Å². The zero-order valence-electron chi connectivity index (χ0n) is 8.19.